The van der Waals surface area contributed by atoms with E-state index in [1.165, 1.54) is 0 Å². The SMILES string of the molecule is CN(C)CCNc1nc(NNc2ccc(N=[S-](=O)O)cc2)cc(-c2ccncc2)n1. The summed E-state index contributed by atoms with van der Waals surface area (Å²) < 4.78 is 23.1. The van der Waals surface area contributed by atoms with Crippen molar-refractivity contribution in [2.24, 2.45) is 4.36 Å². The van der Waals surface area contributed by atoms with Crippen molar-refractivity contribution in [2.45, 2.75) is 0 Å². The number of hydrogen-bond acceptors (Lipinski definition) is 10. The quantitative estimate of drug-likeness (QED) is 0.231. The molecule has 11 heteroatoms. The van der Waals surface area contributed by atoms with E-state index in [1.807, 2.05) is 32.3 Å². The number of anilines is 3. The molecule has 0 atom stereocenters. The summed E-state index contributed by atoms with van der Waals surface area (Å²) >= 11 is 0. The van der Waals surface area contributed by atoms with Gasteiger partial charge in [0.05, 0.1) is 11.4 Å². The minimum Gasteiger partial charge on any atom is -0.454 e. The van der Waals surface area contributed by atoms with E-state index in [9.17, 15) is 4.21 Å². The molecule has 3 rings (SSSR count). The Hall–Kier alpha value is -3.28. The average Bonchev–Trinajstić information content (AvgIpc) is 2.73. The van der Waals surface area contributed by atoms with Crippen LogP contribution >= 0.6 is 0 Å². The molecule has 0 aliphatic carbocycles. The lowest BCUT2D eigenvalue weighted by Gasteiger charge is -2.14. The number of pyridine rings is 1. The number of benzene rings is 1. The number of nitrogens with one attached hydrogen (secondary N) is 3. The van der Waals surface area contributed by atoms with Gasteiger partial charge in [0.2, 0.25) is 5.95 Å². The van der Waals surface area contributed by atoms with E-state index in [2.05, 4.69) is 40.4 Å². The van der Waals surface area contributed by atoms with Crippen molar-refractivity contribution in [3.8, 4) is 11.3 Å². The predicted molar refractivity (Wildman–Crippen MR) is 119 cm³/mol. The lowest BCUT2D eigenvalue weighted by atomic mass is 10.2. The van der Waals surface area contributed by atoms with Gasteiger partial charge in [0, 0.05) is 42.8 Å². The molecule has 10 nitrogen and oxygen atoms in total. The van der Waals surface area contributed by atoms with E-state index in [0.717, 1.165) is 23.5 Å². The molecule has 0 saturated carbocycles. The maximum absolute atomic E-state index is 10.7. The second-order valence-corrected chi connectivity index (χ2v) is 7.19. The van der Waals surface area contributed by atoms with Gasteiger partial charge in [-0.3, -0.25) is 15.8 Å². The van der Waals surface area contributed by atoms with Crippen LogP contribution in [0.2, 0.25) is 0 Å². The third kappa shape index (κ3) is 6.65. The van der Waals surface area contributed by atoms with Gasteiger partial charge in [-0.25, -0.2) is 4.98 Å². The van der Waals surface area contributed by atoms with Crippen LogP contribution in [0.25, 0.3) is 11.3 Å². The Morgan fingerprint density at radius 3 is 2.47 bits per heavy atom. The van der Waals surface area contributed by atoms with Crippen molar-refractivity contribution in [2.75, 3.05) is 43.4 Å². The normalized spacial score (nSPS) is 12.0. The van der Waals surface area contributed by atoms with Crippen molar-refractivity contribution in [1.82, 2.24) is 19.9 Å². The van der Waals surface area contributed by atoms with Crippen molar-refractivity contribution < 1.29 is 8.76 Å². The van der Waals surface area contributed by atoms with Crippen LogP contribution in [0.1, 0.15) is 0 Å². The summed E-state index contributed by atoms with van der Waals surface area (Å²) in [4.78, 5) is 15.2. The first kappa shape index (κ1) is 21.4. The van der Waals surface area contributed by atoms with Gasteiger partial charge in [0.1, 0.15) is 0 Å². The van der Waals surface area contributed by atoms with Crippen LogP contribution in [0, 0.1) is 0 Å². The first-order valence-corrected chi connectivity index (χ1v) is 10.2. The molecule has 0 fully saturated rings. The number of nitrogens with zero attached hydrogens (tertiary/aromatic N) is 5. The third-order valence-electron chi connectivity index (χ3n) is 3.93. The highest BCUT2D eigenvalue weighted by atomic mass is 32.2. The molecule has 0 spiro atoms. The Morgan fingerprint density at radius 2 is 1.80 bits per heavy atom. The molecule has 4 N–H and O–H groups in total. The monoisotopic (exact) mass is 427 g/mol. The Bertz CT molecular complexity index is 1040. The topological polar surface area (TPSA) is 128 Å². The summed E-state index contributed by atoms with van der Waals surface area (Å²) in [6, 6.07) is 12.3. The number of rotatable bonds is 9. The van der Waals surface area contributed by atoms with Gasteiger partial charge in [-0.05, 0) is 50.5 Å². The number of likely N-dealkylation sites (N-methyl/N-ethyl adjacent to an activating group) is 1. The van der Waals surface area contributed by atoms with Gasteiger partial charge in [0.25, 0.3) is 0 Å². The molecule has 0 amide bonds. The number of hydrogen-bond donors (Lipinski definition) is 4. The van der Waals surface area contributed by atoms with Crippen molar-refractivity contribution in [3.05, 3.63) is 54.9 Å². The molecular formula is C19H23N8O2S-. The first-order valence-electron chi connectivity index (χ1n) is 9.12. The second-order valence-electron chi connectivity index (χ2n) is 6.55. The lowest BCUT2D eigenvalue weighted by Crippen LogP contribution is -2.22. The van der Waals surface area contributed by atoms with Crippen molar-refractivity contribution >= 4 is 34.0 Å². The molecule has 0 bridgehead atoms. The highest BCUT2D eigenvalue weighted by Gasteiger charge is 2.07. The number of aromatic nitrogens is 3. The molecule has 0 unspecified atom stereocenters. The van der Waals surface area contributed by atoms with E-state index in [4.69, 9.17) is 4.55 Å². The molecule has 0 aliphatic heterocycles. The summed E-state index contributed by atoms with van der Waals surface area (Å²) in [5.74, 6) is 1.09. The van der Waals surface area contributed by atoms with Crippen LogP contribution in [-0.2, 0) is 15.1 Å². The van der Waals surface area contributed by atoms with E-state index < -0.39 is 10.9 Å². The highest BCUT2D eigenvalue weighted by Crippen LogP contribution is 2.22. The molecule has 1 aromatic carbocycles. The molecule has 0 radical (unpaired) electrons. The van der Waals surface area contributed by atoms with Crippen LogP contribution in [0.15, 0.2) is 59.2 Å². The van der Waals surface area contributed by atoms with Crippen LogP contribution in [-0.4, -0.2) is 51.6 Å². The first-order chi connectivity index (χ1) is 14.5. The van der Waals surface area contributed by atoms with E-state index in [0.29, 0.717) is 24.0 Å². The van der Waals surface area contributed by atoms with Crippen LogP contribution in [0.5, 0.6) is 0 Å². The fraction of sp³-hybridized carbons (Fsp3) is 0.211. The minimum absolute atomic E-state index is 0.413. The van der Waals surface area contributed by atoms with Crippen molar-refractivity contribution in [1.29, 1.82) is 0 Å². The Morgan fingerprint density at radius 1 is 1.07 bits per heavy atom. The van der Waals surface area contributed by atoms with Gasteiger partial charge in [-0.15, -0.1) is 0 Å². The predicted octanol–water partition coefficient (Wildman–Crippen LogP) is 3.20. The summed E-state index contributed by atoms with van der Waals surface area (Å²) in [5, 5.41) is 3.24. The Labute approximate surface area is 176 Å². The minimum atomic E-state index is -2.23. The molecule has 0 saturated heterocycles. The zero-order valence-electron chi connectivity index (χ0n) is 16.6. The van der Waals surface area contributed by atoms with Crippen LogP contribution < -0.4 is 16.2 Å². The molecule has 2 heterocycles. The van der Waals surface area contributed by atoms with E-state index in [-0.39, 0.29) is 0 Å². The van der Waals surface area contributed by atoms with Crippen LogP contribution in [0.3, 0.4) is 0 Å². The number of hydrazine groups is 1. The Kier molecular flexibility index (Phi) is 7.49. The van der Waals surface area contributed by atoms with Gasteiger partial charge in [-0.2, -0.15) is 4.98 Å². The third-order valence-corrected chi connectivity index (χ3v) is 4.30. The van der Waals surface area contributed by atoms with Gasteiger partial charge in [-0.1, -0.05) is 10.9 Å². The molecular weight excluding hydrogens is 404 g/mol. The fourth-order valence-corrected chi connectivity index (χ4v) is 2.79. The maximum atomic E-state index is 10.7. The molecule has 2 aromatic heterocycles. The van der Waals surface area contributed by atoms with Gasteiger partial charge >= 0.3 is 0 Å². The van der Waals surface area contributed by atoms with E-state index in [1.54, 1.807) is 36.7 Å². The van der Waals surface area contributed by atoms with Gasteiger partial charge < -0.3 is 23.3 Å². The highest BCUT2D eigenvalue weighted by molar-refractivity contribution is 7.68. The second kappa shape index (κ2) is 10.5. The lowest BCUT2D eigenvalue weighted by molar-refractivity contribution is 0.425. The Balaban J connectivity index is 1.76. The summed E-state index contributed by atoms with van der Waals surface area (Å²) in [5.41, 5.74) is 8.95. The zero-order chi connectivity index (χ0) is 21.3. The maximum Gasteiger partial charge on any atom is 0.225 e. The summed E-state index contributed by atoms with van der Waals surface area (Å²) in [7, 11) is 1.78. The van der Waals surface area contributed by atoms with Crippen molar-refractivity contribution in [3.63, 3.8) is 0 Å². The summed E-state index contributed by atoms with van der Waals surface area (Å²) in [6.07, 6.45) is 3.43. The average molecular weight is 428 g/mol. The standard InChI is InChI=1S/C19H23N8O2S/c1-27(2)12-11-21-19-22-17(14-7-9-20-10-8-14)13-18(23-19)25-24-15-3-5-16(6-4-15)26-30(28)29/h3-10,13,24H,11-12H2,1-2H3,(H,26,28,29)(H2,21,22,23,25)/q-1. The molecule has 158 valence electrons. The van der Waals surface area contributed by atoms with Crippen LogP contribution in [0.4, 0.5) is 23.1 Å². The molecule has 0 aliphatic rings. The van der Waals surface area contributed by atoms with E-state index >= 15 is 0 Å². The molecule has 3 aromatic rings. The molecule has 30 heavy (non-hydrogen) atoms. The van der Waals surface area contributed by atoms with Gasteiger partial charge in [0.15, 0.2) is 5.82 Å². The smallest absolute Gasteiger partial charge is 0.225 e. The fourth-order valence-electron chi connectivity index (χ4n) is 2.48. The zero-order valence-corrected chi connectivity index (χ0v) is 17.4. The summed E-state index contributed by atoms with van der Waals surface area (Å²) in [6.45, 7) is 1.55. The largest absolute Gasteiger partial charge is 0.454 e.